The number of fused-ring (bicyclic) bond motifs is 1. The van der Waals surface area contributed by atoms with E-state index in [9.17, 15) is 23.1 Å². The Morgan fingerprint density at radius 3 is 2.64 bits per heavy atom. The van der Waals surface area contributed by atoms with E-state index < -0.39 is 17.7 Å². The summed E-state index contributed by atoms with van der Waals surface area (Å²) in [5.41, 5.74) is 0.490. The van der Waals surface area contributed by atoms with E-state index in [2.05, 4.69) is 26.8 Å². The molecule has 1 fully saturated rings. The van der Waals surface area contributed by atoms with Gasteiger partial charge in [0.05, 0.1) is 22.9 Å². The summed E-state index contributed by atoms with van der Waals surface area (Å²) in [6.45, 7) is 3.06. The zero-order valence-electron chi connectivity index (χ0n) is 20.9. The van der Waals surface area contributed by atoms with Crippen molar-refractivity contribution in [3.63, 3.8) is 0 Å². The Bertz CT molecular complexity index is 1580. The molecule has 0 radical (unpaired) electrons. The Morgan fingerprint density at radius 1 is 1.08 bits per heavy atom. The number of carbonyl (C=O) groups is 1. The zero-order valence-corrected chi connectivity index (χ0v) is 20.9. The second-order valence-corrected chi connectivity index (χ2v) is 9.20. The van der Waals surface area contributed by atoms with Gasteiger partial charge in [0.2, 0.25) is 0 Å². The highest BCUT2D eigenvalue weighted by Crippen LogP contribution is 2.35. The molecule has 2 aromatic heterocycles. The van der Waals surface area contributed by atoms with Crippen LogP contribution in [0, 0.1) is 11.8 Å². The fourth-order valence-electron chi connectivity index (χ4n) is 4.24. The normalized spacial score (nSPS) is 14.7. The number of phenols is 1. The van der Waals surface area contributed by atoms with Crippen LogP contribution in [0.2, 0.25) is 0 Å². The van der Waals surface area contributed by atoms with Gasteiger partial charge in [-0.1, -0.05) is 12.0 Å². The Labute approximate surface area is 222 Å². The summed E-state index contributed by atoms with van der Waals surface area (Å²) in [7, 11) is 1.98. The highest BCUT2D eigenvalue weighted by atomic mass is 19.4. The maximum absolute atomic E-state index is 13.9. The van der Waals surface area contributed by atoms with Gasteiger partial charge in [-0.3, -0.25) is 4.90 Å². The number of likely N-dealkylation sites (N-methyl/N-ethyl adjacent to an activating group) is 1. The minimum Gasteiger partial charge on any atom is -0.507 e. The second kappa shape index (κ2) is 10.8. The maximum atomic E-state index is 13.9. The van der Waals surface area contributed by atoms with Crippen molar-refractivity contribution in [2.75, 3.05) is 33.2 Å². The summed E-state index contributed by atoms with van der Waals surface area (Å²) in [6, 6.07) is 10.9. The van der Waals surface area contributed by atoms with Gasteiger partial charge >= 0.3 is 12.1 Å². The van der Waals surface area contributed by atoms with Gasteiger partial charge in [-0.05, 0) is 61.0 Å². The summed E-state index contributed by atoms with van der Waals surface area (Å²) in [6.07, 6.45) is -1.51. The number of alkyl halides is 3. The molecule has 11 heteroatoms. The predicted octanol–water partition coefficient (Wildman–Crippen LogP) is 3.82. The van der Waals surface area contributed by atoms with Crippen LogP contribution in [0.5, 0.6) is 11.5 Å². The summed E-state index contributed by atoms with van der Waals surface area (Å²) in [5, 5.41) is 14.4. The lowest BCUT2D eigenvalue weighted by atomic mass is 10.1. The number of phenolic OH excluding ortho intramolecular Hbond substituents is 1. The summed E-state index contributed by atoms with van der Waals surface area (Å²) < 4.78 is 48.4. The van der Waals surface area contributed by atoms with Crippen LogP contribution in [0.3, 0.4) is 0 Å². The monoisotopic (exact) mass is 535 g/mol. The fraction of sp³-hybridized carbons (Fsp3) is 0.250. The number of piperazine rings is 1. The van der Waals surface area contributed by atoms with Gasteiger partial charge in [-0.2, -0.15) is 18.3 Å². The van der Waals surface area contributed by atoms with Crippen LogP contribution in [-0.2, 0) is 12.7 Å². The van der Waals surface area contributed by atoms with Gasteiger partial charge < -0.3 is 14.7 Å². The van der Waals surface area contributed by atoms with Gasteiger partial charge in [0.15, 0.2) is 5.65 Å². The molecule has 3 heterocycles. The van der Waals surface area contributed by atoms with Crippen molar-refractivity contribution in [1.29, 1.82) is 0 Å². The van der Waals surface area contributed by atoms with Gasteiger partial charge in [0.1, 0.15) is 17.2 Å². The molecule has 8 nitrogen and oxygen atoms in total. The molecule has 0 atom stereocenters. The average Bonchev–Trinajstić information content (AvgIpc) is 3.33. The van der Waals surface area contributed by atoms with Crippen LogP contribution < -0.4 is 4.74 Å². The van der Waals surface area contributed by atoms with Crippen LogP contribution in [0.15, 0.2) is 60.9 Å². The number of benzene rings is 2. The van der Waals surface area contributed by atoms with Crippen molar-refractivity contribution < 1.29 is 27.8 Å². The first-order chi connectivity index (χ1) is 18.7. The van der Waals surface area contributed by atoms with Crippen LogP contribution in [0.4, 0.5) is 13.2 Å². The van der Waals surface area contributed by atoms with Crippen molar-refractivity contribution >= 4 is 11.6 Å². The van der Waals surface area contributed by atoms with E-state index in [0.717, 1.165) is 19.2 Å². The molecule has 0 amide bonds. The number of hydrogen-bond acceptors (Lipinski definition) is 7. The van der Waals surface area contributed by atoms with Crippen LogP contribution in [-0.4, -0.2) is 68.7 Å². The number of ether oxygens (including phenoxy) is 1. The molecule has 1 aliphatic rings. The number of aromatic hydroxyl groups is 1. The van der Waals surface area contributed by atoms with E-state index >= 15 is 0 Å². The Hall–Kier alpha value is -4.40. The molecule has 5 rings (SSSR count). The lowest BCUT2D eigenvalue weighted by Crippen LogP contribution is -2.44. The lowest BCUT2D eigenvalue weighted by Gasteiger charge is -2.32. The highest BCUT2D eigenvalue weighted by Gasteiger charge is 2.34. The molecule has 200 valence electrons. The van der Waals surface area contributed by atoms with E-state index in [4.69, 9.17) is 4.74 Å². The van der Waals surface area contributed by atoms with Crippen LogP contribution in [0.1, 0.15) is 32.7 Å². The third-order valence-electron chi connectivity index (χ3n) is 6.42. The van der Waals surface area contributed by atoms with Gasteiger partial charge in [0, 0.05) is 38.9 Å². The SMILES string of the molecule is CN1CCN(Cc2ccc(OC(=O)c3ccc(O)c(C#Cc4cnc5cccnn45)c3)cc2C(F)(F)F)CC1. The Morgan fingerprint density at radius 2 is 1.87 bits per heavy atom. The minimum atomic E-state index is -4.61. The molecule has 0 aliphatic carbocycles. The summed E-state index contributed by atoms with van der Waals surface area (Å²) >= 11 is 0. The van der Waals surface area contributed by atoms with Gasteiger partial charge in [-0.25, -0.2) is 14.3 Å². The van der Waals surface area contributed by atoms with E-state index in [1.807, 2.05) is 11.9 Å². The number of aromatic nitrogens is 3. The number of esters is 1. The number of rotatable bonds is 4. The van der Waals surface area contributed by atoms with E-state index in [-0.39, 0.29) is 34.7 Å². The zero-order chi connectivity index (χ0) is 27.6. The van der Waals surface area contributed by atoms with Crippen molar-refractivity contribution in [3.05, 3.63) is 88.9 Å². The second-order valence-electron chi connectivity index (χ2n) is 9.20. The lowest BCUT2D eigenvalue weighted by molar-refractivity contribution is -0.138. The number of halogens is 3. The molecule has 0 unspecified atom stereocenters. The van der Waals surface area contributed by atoms with E-state index in [1.165, 1.54) is 41.0 Å². The minimum absolute atomic E-state index is 0.0171. The van der Waals surface area contributed by atoms with E-state index in [0.29, 0.717) is 24.4 Å². The Balaban J connectivity index is 1.35. The predicted molar refractivity (Wildman–Crippen MR) is 136 cm³/mol. The molecule has 1 aliphatic heterocycles. The largest absolute Gasteiger partial charge is 0.507 e. The summed E-state index contributed by atoms with van der Waals surface area (Å²) in [5.74, 6) is 4.35. The number of carbonyl (C=O) groups excluding carboxylic acids is 1. The standard InChI is InChI=1S/C28H24F3N5O3/c1-34-11-13-35(14-12-34)18-21-5-8-23(16-24(21)28(29,30)31)39-27(38)20-6-9-25(37)19(15-20)4-7-22-17-32-26-3-2-10-33-36(22)26/h2-3,5-6,8-10,15-17,37H,11-14,18H2,1H3. The van der Waals surface area contributed by atoms with Crippen molar-refractivity contribution in [1.82, 2.24) is 24.4 Å². The molecular weight excluding hydrogens is 511 g/mol. The number of nitrogens with zero attached hydrogens (tertiary/aromatic N) is 5. The molecule has 39 heavy (non-hydrogen) atoms. The highest BCUT2D eigenvalue weighted by molar-refractivity contribution is 5.91. The van der Waals surface area contributed by atoms with Crippen LogP contribution >= 0.6 is 0 Å². The molecule has 0 bridgehead atoms. The molecule has 4 aromatic rings. The third-order valence-corrected chi connectivity index (χ3v) is 6.42. The van der Waals surface area contributed by atoms with Crippen molar-refractivity contribution in [2.45, 2.75) is 12.7 Å². The summed E-state index contributed by atoms with van der Waals surface area (Å²) in [4.78, 5) is 21.1. The van der Waals surface area contributed by atoms with E-state index in [1.54, 1.807) is 18.3 Å². The number of hydrogen-bond donors (Lipinski definition) is 1. The van der Waals surface area contributed by atoms with Crippen molar-refractivity contribution in [3.8, 4) is 23.3 Å². The quantitative estimate of drug-likeness (QED) is 0.242. The first kappa shape index (κ1) is 26.2. The average molecular weight is 536 g/mol. The van der Waals surface area contributed by atoms with Gasteiger partial charge in [0.25, 0.3) is 0 Å². The smallest absolute Gasteiger partial charge is 0.416 e. The molecule has 0 spiro atoms. The maximum Gasteiger partial charge on any atom is 0.416 e. The molecule has 1 N–H and O–H groups in total. The first-order valence-corrected chi connectivity index (χ1v) is 12.1. The van der Waals surface area contributed by atoms with Gasteiger partial charge in [-0.15, -0.1) is 0 Å². The molecule has 1 saturated heterocycles. The fourth-order valence-corrected chi connectivity index (χ4v) is 4.24. The number of imidazole rings is 1. The van der Waals surface area contributed by atoms with Crippen molar-refractivity contribution in [2.24, 2.45) is 0 Å². The topological polar surface area (TPSA) is 83.2 Å². The Kier molecular flexibility index (Phi) is 7.24. The molecular formula is C28H24F3N5O3. The molecule has 0 saturated carbocycles. The first-order valence-electron chi connectivity index (χ1n) is 12.1. The van der Waals surface area contributed by atoms with Crippen LogP contribution in [0.25, 0.3) is 5.65 Å². The molecule has 2 aromatic carbocycles. The third kappa shape index (κ3) is 6.03.